The first-order valence-corrected chi connectivity index (χ1v) is 12.4. The zero-order chi connectivity index (χ0) is 20.4. The molecule has 0 spiro atoms. The number of hydrogen-bond donors (Lipinski definition) is 6. The first-order valence-electron chi connectivity index (χ1n) is 4.13. The third kappa shape index (κ3) is 56.2. The molecule has 0 aliphatic rings. The van der Waals surface area contributed by atoms with E-state index in [1.54, 1.807) is 0 Å². The van der Waals surface area contributed by atoms with Crippen LogP contribution < -0.4 is 43.9 Å². The first-order chi connectivity index (χ1) is 10.2. The maximum Gasteiger partial charge on any atom is 2.00 e. The van der Waals surface area contributed by atoms with E-state index in [1.165, 1.54) is 0 Å². The molecule has 0 aliphatic carbocycles. The van der Waals surface area contributed by atoms with E-state index >= 15 is 0 Å². The smallest absolute Gasteiger partial charge is 0.499 e. The van der Waals surface area contributed by atoms with Gasteiger partial charge in [0.15, 0.2) is 0 Å². The Kier molecular flexibility index (Phi) is 25.6. The van der Waals surface area contributed by atoms with Crippen LogP contribution in [0.1, 0.15) is 0 Å². The monoisotopic (exact) mass is 534 g/mol. The standard InChI is InChI=1S/Ca.Na.3H2O6PSi/c;;3*1-7(2,3)6-8(4)5/h;;3*(H2,1,2,3)/q+2;+1;3*-1. The van der Waals surface area contributed by atoms with Gasteiger partial charge in [0.05, 0.1) is 0 Å². The van der Waals surface area contributed by atoms with Crippen molar-refractivity contribution in [2.24, 2.45) is 0 Å². The molecule has 0 amide bonds. The molecule has 0 aromatic heterocycles. The first kappa shape index (κ1) is 38.2. The van der Waals surface area contributed by atoms with E-state index in [4.69, 9.17) is 29.4 Å². The summed E-state index contributed by atoms with van der Waals surface area (Å²) in [4.78, 5) is 74.3. The van der Waals surface area contributed by atoms with Crippen LogP contribution in [-0.4, -0.2) is 94.6 Å². The van der Waals surface area contributed by atoms with Crippen molar-refractivity contribution in [3.8, 4) is 0 Å². The average Bonchev–Trinajstić information content (AvgIpc) is 2.04. The predicted molar refractivity (Wildman–Crippen MR) is 64.5 cm³/mol. The van der Waals surface area contributed by atoms with Crippen LogP contribution in [0.15, 0.2) is 0 Å². The molecule has 0 unspecified atom stereocenters. The van der Waals surface area contributed by atoms with Crippen LogP contribution in [-0.2, 0) is 39.7 Å². The molecule has 18 nitrogen and oxygen atoms in total. The Hall–Kier alpha value is 1.56. The summed E-state index contributed by atoms with van der Waals surface area (Å²) in [5.41, 5.74) is 0. The van der Waals surface area contributed by atoms with Crippen molar-refractivity contribution in [2.45, 2.75) is 0 Å². The summed E-state index contributed by atoms with van der Waals surface area (Å²) < 4.78 is 66.0. The van der Waals surface area contributed by atoms with E-state index < -0.39 is 51.0 Å². The van der Waals surface area contributed by atoms with Gasteiger partial charge in [0.25, 0.3) is 0 Å². The average molecular weight is 534 g/mol. The summed E-state index contributed by atoms with van der Waals surface area (Å²) in [5, 5.41) is 0. The fourth-order valence-electron chi connectivity index (χ4n) is 0.291. The Morgan fingerprint density at radius 2 is 0.692 bits per heavy atom. The third-order valence-electron chi connectivity index (χ3n) is 0.580. The molecule has 0 aliphatic heterocycles. The van der Waals surface area contributed by atoms with Gasteiger partial charge in [-0.15, -0.1) is 0 Å². The van der Waals surface area contributed by atoms with Gasteiger partial charge in [-0.3, -0.25) is 0 Å². The minimum Gasteiger partial charge on any atom is -0.499 e. The maximum atomic E-state index is 9.54. The molecule has 0 fully saturated rings. The summed E-state index contributed by atoms with van der Waals surface area (Å²) in [5.74, 6) is 0. The Balaban J connectivity index is -0.0000000817. The fourth-order valence-corrected chi connectivity index (χ4v) is 2.62. The molecule has 0 saturated carbocycles. The zero-order valence-corrected chi connectivity index (χ0v) is 22.0. The largest absolute Gasteiger partial charge is 2.00 e. The normalized spacial score (nSPS) is 9.92. The number of hydrogen-bond acceptors (Lipinski definition) is 12. The van der Waals surface area contributed by atoms with Crippen molar-refractivity contribution >= 4 is 88.7 Å². The predicted octanol–water partition coefficient (Wildman–Crippen LogP) is -9.76. The van der Waals surface area contributed by atoms with Crippen molar-refractivity contribution in [3.63, 3.8) is 0 Å². The van der Waals surface area contributed by atoms with Crippen LogP contribution >= 0.6 is 23.5 Å². The summed E-state index contributed by atoms with van der Waals surface area (Å²) in [6, 6.07) is 0. The van der Waals surface area contributed by atoms with E-state index in [0.717, 1.165) is 0 Å². The molecule has 0 bridgehead atoms. The second-order valence-corrected chi connectivity index (χ2v) is 9.13. The van der Waals surface area contributed by atoms with Crippen molar-refractivity contribution in [1.82, 2.24) is 0 Å². The van der Waals surface area contributed by atoms with Crippen molar-refractivity contribution in [2.75, 3.05) is 0 Å². The molecule has 26 heteroatoms. The van der Waals surface area contributed by atoms with Gasteiger partial charge in [-0.05, 0) is 0 Å². The molecular formula is H6CaNaO18P3Si3. The molecule has 26 heavy (non-hydrogen) atoms. The fraction of sp³-hybridized carbons (Fsp3) is 0. The molecule has 144 valence electrons. The molecular weight excluding hydrogens is 528 g/mol. The van der Waals surface area contributed by atoms with E-state index in [-0.39, 0.29) is 67.3 Å². The molecule has 0 aromatic carbocycles. The van der Waals surface area contributed by atoms with Crippen molar-refractivity contribution in [3.05, 3.63) is 0 Å². The second-order valence-electron chi connectivity index (χ2n) is 2.50. The quantitative estimate of drug-likeness (QED) is 0.136. The van der Waals surface area contributed by atoms with Crippen LogP contribution in [0.25, 0.3) is 0 Å². The Bertz CT molecular complexity index is 487. The van der Waals surface area contributed by atoms with E-state index in [9.17, 15) is 41.5 Å². The zero-order valence-electron chi connectivity index (χ0n) is 12.1. The maximum absolute atomic E-state index is 9.54. The van der Waals surface area contributed by atoms with Gasteiger partial charge in [0, 0.05) is 0 Å². The second kappa shape index (κ2) is 17.4. The molecule has 0 atom stereocenters. The summed E-state index contributed by atoms with van der Waals surface area (Å²) >= 11 is 0. The Labute approximate surface area is 199 Å². The van der Waals surface area contributed by atoms with Crippen molar-refractivity contribution < 1.29 is 113 Å². The van der Waals surface area contributed by atoms with Gasteiger partial charge in [0.1, 0.15) is 0 Å². The molecule has 0 radical (unpaired) electrons. The van der Waals surface area contributed by atoms with E-state index in [1.807, 2.05) is 0 Å². The Morgan fingerprint density at radius 1 is 0.577 bits per heavy atom. The van der Waals surface area contributed by atoms with E-state index in [2.05, 4.69) is 12.6 Å². The van der Waals surface area contributed by atoms with Gasteiger partial charge in [-0.2, -0.15) is 0 Å². The minimum absolute atomic E-state index is 0. The van der Waals surface area contributed by atoms with Crippen LogP contribution in [0.3, 0.4) is 0 Å². The summed E-state index contributed by atoms with van der Waals surface area (Å²) in [6.45, 7) is 0. The Morgan fingerprint density at radius 3 is 0.692 bits per heavy atom. The number of phosphoric acid groups is 3. The molecule has 6 N–H and O–H groups in total. The van der Waals surface area contributed by atoms with Gasteiger partial charge < -0.3 is 69.8 Å². The summed E-state index contributed by atoms with van der Waals surface area (Å²) in [6.07, 6.45) is 0. The van der Waals surface area contributed by atoms with Crippen LogP contribution in [0.2, 0.25) is 0 Å². The van der Waals surface area contributed by atoms with Crippen LogP contribution in [0.5, 0.6) is 0 Å². The molecule has 0 saturated heterocycles. The van der Waals surface area contributed by atoms with Crippen molar-refractivity contribution in [1.29, 1.82) is 0 Å². The molecule has 0 aromatic rings. The molecule has 0 rings (SSSR count). The van der Waals surface area contributed by atoms with Gasteiger partial charge >= 0.3 is 118 Å². The van der Waals surface area contributed by atoms with Gasteiger partial charge in [-0.25, -0.2) is 13.7 Å². The van der Waals surface area contributed by atoms with Crippen LogP contribution in [0, 0.1) is 0 Å². The van der Waals surface area contributed by atoms with Crippen LogP contribution in [0.4, 0.5) is 0 Å². The minimum atomic E-state index is -4.80. The topological polar surface area (TPSA) is 321 Å². The van der Waals surface area contributed by atoms with Gasteiger partial charge in [-0.1, -0.05) is 0 Å². The summed E-state index contributed by atoms with van der Waals surface area (Å²) in [7, 11) is -25.7. The SMILES string of the molecule is O=[Si]([O-])OP(=O)(O)O.O=[Si]([O-])OP(=O)(O)O.O=[Si]([O-])OP(=O)(O)O.[Ca+2].[Na+]. The molecule has 0 heterocycles. The van der Waals surface area contributed by atoms with Gasteiger partial charge in [0.2, 0.25) is 0 Å². The van der Waals surface area contributed by atoms with E-state index in [0.29, 0.717) is 0 Å². The number of rotatable bonds is 6. The third-order valence-corrected chi connectivity index (χ3v) is 5.22.